The van der Waals surface area contributed by atoms with Gasteiger partial charge in [-0.05, 0) is 6.07 Å². The molecule has 5 nitrogen and oxygen atoms in total. The van der Waals surface area contributed by atoms with Gasteiger partial charge in [-0.25, -0.2) is 0 Å². The molecular formula is C14H13N4O+. The van der Waals surface area contributed by atoms with Crippen LogP contribution < -0.4 is 9.72 Å². The average molecular weight is 253 g/mol. The largest absolute Gasteiger partial charge is 0.448 e. The number of methoxy groups -OCH3 is 1. The van der Waals surface area contributed by atoms with Crippen LogP contribution in [0.25, 0.3) is 22.5 Å². The quantitative estimate of drug-likeness (QED) is 0.776. The number of nitrogens with one attached hydrogen (secondary N) is 2. The Labute approximate surface area is 110 Å². The van der Waals surface area contributed by atoms with Gasteiger partial charge in [0.05, 0.1) is 18.7 Å². The molecule has 2 N–H and O–H groups in total. The number of aromatic amines is 2. The second-order valence-corrected chi connectivity index (χ2v) is 4.03. The number of H-pyrrole nitrogens is 2. The molecule has 0 saturated heterocycles. The first kappa shape index (κ1) is 11.4. The molecule has 0 atom stereocenters. The minimum atomic E-state index is 0.702. The van der Waals surface area contributed by atoms with Crippen molar-refractivity contribution in [3.8, 4) is 28.4 Å². The molecule has 2 heterocycles. The number of ether oxygens (including phenoxy) is 1. The number of nitrogens with zero attached hydrogens (tertiary/aromatic N) is 2. The van der Waals surface area contributed by atoms with E-state index >= 15 is 0 Å². The van der Waals surface area contributed by atoms with Gasteiger partial charge in [0.25, 0.3) is 0 Å². The number of aromatic nitrogens is 4. The second kappa shape index (κ2) is 4.89. The summed E-state index contributed by atoms with van der Waals surface area (Å²) in [6.45, 7) is 0. The van der Waals surface area contributed by atoms with Crippen LogP contribution in [0.1, 0.15) is 0 Å². The molecule has 0 saturated carbocycles. The fourth-order valence-electron chi connectivity index (χ4n) is 1.91. The molecule has 94 valence electrons. The van der Waals surface area contributed by atoms with Crippen LogP contribution in [0.15, 0.2) is 48.7 Å². The van der Waals surface area contributed by atoms with Crippen LogP contribution in [0.4, 0.5) is 0 Å². The summed E-state index contributed by atoms with van der Waals surface area (Å²) in [4.78, 5) is 3.05. The maximum Gasteiger partial charge on any atom is 0.365 e. The van der Waals surface area contributed by atoms with Gasteiger partial charge in [0, 0.05) is 5.56 Å². The molecule has 1 aromatic carbocycles. The number of benzene rings is 1. The number of pyridine rings is 1. The number of hydrogen-bond donors (Lipinski definition) is 1. The highest BCUT2D eigenvalue weighted by molar-refractivity contribution is 5.76. The molecule has 3 aromatic rings. The van der Waals surface area contributed by atoms with Gasteiger partial charge in [-0.3, -0.25) is 0 Å². The average Bonchev–Trinajstić information content (AvgIpc) is 2.98. The molecule has 3 rings (SSSR count). The van der Waals surface area contributed by atoms with Crippen LogP contribution in [0, 0.1) is 0 Å². The first-order valence-corrected chi connectivity index (χ1v) is 5.91. The van der Waals surface area contributed by atoms with E-state index < -0.39 is 0 Å². The normalized spacial score (nSPS) is 10.4. The van der Waals surface area contributed by atoms with Crippen LogP contribution in [0.2, 0.25) is 0 Å². The Morgan fingerprint density at radius 3 is 2.32 bits per heavy atom. The van der Waals surface area contributed by atoms with Crippen molar-refractivity contribution in [1.29, 1.82) is 0 Å². The van der Waals surface area contributed by atoms with Crippen molar-refractivity contribution in [2.45, 2.75) is 0 Å². The van der Waals surface area contributed by atoms with E-state index in [2.05, 4.69) is 20.4 Å². The number of rotatable bonds is 3. The van der Waals surface area contributed by atoms with Crippen molar-refractivity contribution >= 4 is 0 Å². The lowest BCUT2D eigenvalue weighted by atomic mass is 10.1. The van der Waals surface area contributed by atoms with E-state index in [9.17, 15) is 0 Å². The zero-order valence-electron chi connectivity index (χ0n) is 10.4. The van der Waals surface area contributed by atoms with Crippen molar-refractivity contribution < 1.29 is 9.72 Å². The molecule has 0 bridgehead atoms. The molecule has 19 heavy (non-hydrogen) atoms. The maximum absolute atomic E-state index is 5.10. The van der Waals surface area contributed by atoms with E-state index in [0.29, 0.717) is 5.88 Å². The predicted molar refractivity (Wildman–Crippen MR) is 70.4 cm³/mol. The summed E-state index contributed by atoms with van der Waals surface area (Å²) in [7, 11) is 1.62. The molecule has 0 aliphatic rings. The molecular weight excluding hydrogens is 240 g/mol. The lowest BCUT2D eigenvalue weighted by Gasteiger charge is -1.99. The third-order valence-corrected chi connectivity index (χ3v) is 2.87. The highest BCUT2D eigenvalue weighted by Crippen LogP contribution is 2.27. The van der Waals surface area contributed by atoms with Gasteiger partial charge in [0.15, 0.2) is 6.20 Å². The molecule has 0 radical (unpaired) electrons. The van der Waals surface area contributed by atoms with Gasteiger partial charge in [-0.15, -0.1) is 0 Å². The Balaban J connectivity index is 2.04. The summed E-state index contributed by atoms with van der Waals surface area (Å²) in [5.74, 6) is 0.702. The molecule has 0 aliphatic carbocycles. The first-order chi connectivity index (χ1) is 9.38. The number of hydrogen-bond acceptors (Lipinski definition) is 3. The second-order valence-electron chi connectivity index (χ2n) is 4.03. The smallest absolute Gasteiger partial charge is 0.365 e. The fraction of sp³-hybridized carbons (Fsp3) is 0.0714. The van der Waals surface area contributed by atoms with Gasteiger partial charge in [-0.2, -0.15) is 20.4 Å². The summed E-state index contributed by atoms with van der Waals surface area (Å²) in [5.41, 5.74) is 3.62. The third-order valence-electron chi connectivity index (χ3n) is 2.87. The highest BCUT2D eigenvalue weighted by atomic mass is 16.5. The fourth-order valence-corrected chi connectivity index (χ4v) is 1.91. The van der Waals surface area contributed by atoms with Crippen molar-refractivity contribution in [3.05, 3.63) is 48.7 Å². The van der Waals surface area contributed by atoms with Crippen molar-refractivity contribution in [2.24, 2.45) is 0 Å². The summed E-state index contributed by atoms with van der Waals surface area (Å²) in [6.07, 6.45) is 1.85. The first-order valence-electron chi connectivity index (χ1n) is 5.91. The Morgan fingerprint density at radius 2 is 1.68 bits per heavy atom. The van der Waals surface area contributed by atoms with Crippen molar-refractivity contribution in [1.82, 2.24) is 15.4 Å². The van der Waals surface area contributed by atoms with E-state index in [4.69, 9.17) is 4.74 Å². The maximum atomic E-state index is 5.10. The van der Waals surface area contributed by atoms with Gasteiger partial charge in [0.1, 0.15) is 11.4 Å². The van der Waals surface area contributed by atoms with Crippen LogP contribution in [0.5, 0.6) is 5.88 Å². The van der Waals surface area contributed by atoms with Crippen LogP contribution in [-0.2, 0) is 0 Å². The molecule has 0 spiro atoms. The zero-order valence-corrected chi connectivity index (χ0v) is 10.4. The monoisotopic (exact) mass is 253 g/mol. The van der Waals surface area contributed by atoms with Crippen LogP contribution >= 0.6 is 0 Å². The summed E-state index contributed by atoms with van der Waals surface area (Å²) in [5, 5.41) is 11.1. The van der Waals surface area contributed by atoms with E-state index in [1.165, 1.54) is 0 Å². The topological polar surface area (TPSA) is 64.9 Å². The lowest BCUT2D eigenvalue weighted by molar-refractivity contribution is -0.392. The minimum absolute atomic E-state index is 0.702. The van der Waals surface area contributed by atoms with E-state index in [1.54, 1.807) is 7.11 Å². The van der Waals surface area contributed by atoms with Crippen LogP contribution in [0.3, 0.4) is 0 Å². The molecule has 5 heteroatoms. The Bertz CT molecular complexity index is 661. The minimum Gasteiger partial charge on any atom is -0.448 e. The molecule has 0 amide bonds. The summed E-state index contributed by atoms with van der Waals surface area (Å²) >= 11 is 0. The standard InChI is InChI=1S/C14H12N4O/c1-19-12-8-7-11(9-15-12)14-13(16-18-17-14)10-5-3-2-4-6-10/h2-9H,1H3,(H,16,17,18)/p+1. The van der Waals surface area contributed by atoms with Gasteiger partial charge < -0.3 is 4.74 Å². The molecule has 0 fully saturated rings. The summed E-state index contributed by atoms with van der Waals surface area (Å²) in [6, 6.07) is 13.8. The van der Waals surface area contributed by atoms with Gasteiger partial charge in [0.2, 0.25) is 0 Å². The highest BCUT2D eigenvalue weighted by Gasteiger charge is 2.14. The Morgan fingerprint density at radius 1 is 0.947 bits per heavy atom. The predicted octanol–water partition coefficient (Wildman–Crippen LogP) is 1.96. The molecule has 2 aromatic heterocycles. The Kier molecular flexibility index (Phi) is 2.94. The van der Waals surface area contributed by atoms with Gasteiger partial charge in [-0.1, -0.05) is 30.3 Å². The van der Waals surface area contributed by atoms with Gasteiger partial charge >= 0.3 is 5.88 Å². The molecule has 0 unspecified atom stereocenters. The van der Waals surface area contributed by atoms with Crippen molar-refractivity contribution in [3.63, 3.8) is 0 Å². The molecule has 0 aliphatic heterocycles. The third kappa shape index (κ3) is 2.18. The van der Waals surface area contributed by atoms with E-state index in [0.717, 1.165) is 22.5 Å². The summed E-state index contributed by atoms with van der Waals surface area (Å²) < 4.78 is 5.10. The van der Waals surface area contributed by atoms with E-state index in [-0.39, 0.29) is 0 Å². The van der Waals surface area contributed by atoms with Crippen LogP contribution in [-0.4, -0.2) is 22.5 Å². The SMILES string of the molecule is COc1ccc(-c2n[nH]nc2-c2ccccc2)c[nH+]1. The lowest BCUT2D eigenvalue weighted by Crippen LogP contribution is -2.06. The zero-order chi connectivity index (χ0) is 13.1. The van der Waals surface area contributed by atoms with Crippen molar-refractivity contribution in [2.75, 3.05) is 7.11 Å². The van der Waals surface area contributed by atoms with E-state index in [1.807, 2.05) is 48.7 Å². The Hall–Kier alpha value is -2.69.